The van der Waals surface area contributed by atoms with Gasteiger partial charge in [-0.1, -0.05) is 36.4 Å². The van der Waals surface area contributed by atoms with E-state index in [0.29, 0.717) is 55.9 Å². The third kappa shape index (κ3) is 9.34. The first-order valence-electron chi connectivity index (χ1n) is 18.3. The highest BCUT2D eigenvalue weighted by Gasteiger charge is 2.44. The summed E-state index contributed by atoms with van der Waals surface area (Å²) in [6.07, 6.45) is -1.77. The number of alkyl halides is 3. The van der Waals surface area contributed by atoms with E-state index in [2.05, 4.69) is 5.32 Å². The Balaban J connectivity index is 1.25. The lowest BCUT2D eigenvalue weighted by molar-refractivity contribution is -0.148. The smallest absolute Gasteiger partial charge is 0.416 e. The van der Waals surface area contributed by atoms with Crippen LogP contribution in [0.25, 0.3) is 5.57 Å². The van der Waals surface area contributed by atoms with Crippen LogP contribution in [0.3, 0.4) is 0 Å². The number of piperazine rings is 1. The maximum absolute atomic E-state index is 14.7. The van der Waals surface area contributed by atoms with Crippen molar-refractivity contribution in [3.05, 3.63) is 106 Å². The Kier molecular flexibility index (Phi) is 11.7. The lowest BCUT2D eigenvalue weighted by Gasteiger charge is -2.45. The van der Waals surface area contributed by atoms with Gasteiger partial charge in [-0.15, -0.1) is 0 Å². The minimum Gasteiger partial charge on any atom is -0.488 e. The molecule has 2 fully saturated rings. The molecule has 2 aliphatic heterocycles. The van der Waals surface area contributed by atoms with Gasteiger partial charge in [0.15, 0.2) is 17.4 Å². The predicted octanol–water partition coefficient (Wildman–Crippen LogP) is 7.54. The molecule has 3 aliphatic rings. The molecule has 2 heterocycles. The molecular weight excluding hydrogens is 728 g/mol. The van der Waals surface area contributed by atoms with Crippen molar-refractivity contribution in [2.75, 3.05) is 19.7 Å². The summed E-state index contributed by atoms with van der Waals surface area (Å²) in [5, 5.41) is 13.1. The highest BCUT2D eigenvalue weighted by Crippen LogP contribution is 2.38. The summed E-state index contributed by atoms with van der Waals surface area (Å²) >= 11 is 0. The zero-order valence-electron chi connectivity index (χ0n) is 30.5. The number of amides is 2. The second-order valence-electron chi connectivity index (χ2n) is 15.2. The first-order chi connectivity index (χ1) is 26.0. The molecule has 3 aromatic carbocycles. The predicted molar refractivity (Wildman–Crippen MR) is 191 cm³/mol. The van der Waals surface area contributed by atoms with Crippen molar-refractivity contribution in [1.82, 2.24) is 15.1 Å². The van der Waals surface area contributed by atoms with Crippen molar-refractivity contribution in [3.63, 3.8) is 0 Å². The van der Waals surface area contributed by atoms with Crippen LogP contribution >= 0.6 is 0 Å². The Morgan fingerprint density at radius 2 is 1.65 bits per heavy atom. The first kappa shape index (κ1) is 39.8. The fourth-order valence-electron chi connectivity index (χ4n) is 7.17. The summed E-state index contributed by atoms with van der Waals surface area (Å²) in [4.78, 5) is 43.1. The van der Waals surface area contributed by atoms with Crippen molar-refractivity contribution in [2.24, 2.45) is 5.41 Å². The molecule has 2 atom stereocenters. The number of hydrogen-bond acceptors (Lipinski definition) is 5. The largest absolute Gasteiger partial charge is 0.488 e. The van der Waals surface area contributed by atoms with E-state index in [9.17, 15) is 45.8 Å². The van der Waals surface area contributed by atoms with E-state index >= 15 is 0 Å². The second-order valence-corrected chi connectivity index (χ2v) is 15.2. The van der Waals surface area contributed by atoms with Crippen LogP contribution in [0.15, 0.2) is 66.2 Å². The number of carbonyl (C=O) groups excluding carboxylic acids is 2. The molecule has 1 saturated carbocycles. The SMILES string of the molecule is CC(C)(CCC(=O)N1C[C@H]2CC(c3ccc(CCCOc4c(F)ccc(F)c4F)cc3)=C(C(=O)N(Cc3cccc(C(F)(F)F)c3)C3CC3)[C@@H](C1)N2)C(=O)O. The van der Waals surface area contributed by atoms with Crippen LogP contribution in [-0.4, -0.2) is 70.5 Å². The number of carboxylic acids is 1. The van der Waals surface area contributed by atoms with E-state index in [1.807, 2.05) is 24.3 Å². The standard InChI is InChI=1S/C41H43F6N3O5/c1-40(2,39(53)54)17-16-34(51)49-22-28-20-30(26-10-8-24(9-11-26)6-4-18-55-37-32(43)15-14-31(42)36(37)44)35(33(23-49)48-28)38(52)50(29-12-13-29)21-25-5-3-7-27(19-25)41(45,46)47/h3,5,7-11,14-15,19,28-29,33,48H,4,6,12-13,16-18,20-23H2,1-2H3,(H,53,54)/t28-,33-/m1/s1. The van der Waals surface area contributed by atoms with Gasteiger partial charge in [0.1, 0.15) is 0 Å². The van der Waals surface area contributed by atoms with Gasteiger partial charge in [-0.2, -0.15) is 17.6 Å². The second kappa shape index (κ2) is 16.1. The number of aliphatic carboxylic acids is 1. The molecule has 0 unspecified atom stereocenters. The van der Waals surface area contributed by atoms with E-state index in [4.69, 9.17) is 4.74 Å². The molecule has 2 amide bonds. The number of carboxylic acid groups (broad SMARTS) is 1. The van der Waals surface area contributed by atoms with Crippen LogP contribution in [0.2, 0.25) is 0 Å². The molecule has 55 heavy (non-hydrogen) atoms. The van der Waals surface area contributed by atoms with Gasteiger partial charge >= 0.3 is 12.1 Å². The minimum absolute atomic E-state index is 0.0148. The molecule has 6 rings (SSSR count). The quantitative estimate of drug-likeness (QED) is 0.0999. The van der Waals surface area contributed by atoms with Crippen LogP contribution in [0.5, 0.6) is 5.75 Å². The third-order valence-electron chi connectivity index (χ3n) is 10.5. The molecule has 0 spiro atoms. The average molecular weight is 772 g/mol. The molecule has 3 aromatic rings. The van der Waals surface area contributed by atoms with Gasteiger partial charge in [0.05, 0.1) is 23.6 Å². The maximum atomic E-state index is 14.7. The van der Waals surface area contributed by atoms with Crippen molar-refractivity contribution >= 4 is 23.4 Å². The normalized spacial score (nSPS) is 18.7. The molecule has 14 heteroatoms. The highest BCUT2D eigenvalue weighted by molar-refractivity contribution is 6.03. The molecule has 8 nitrogen and oxygen atoms in total. The molecule has 2 bridgehead atoms. The van der Waals surface area contributed by atoms with Crippen LogP contribution in [-0.2, 0) is 33.5 Å². The summed E-state index contributed by atoms with van der Waals surface area (Å²) < 4.78 is 87.4. The van der Waals surface area contributed by atoms with Crippen LogP contribution in [0.1, 0.15) is 74.6 Å². The zero-order valence-corrected chi connectivity index (χ0v) is 30.5. The van der Waals surface area contributed by atoms with Crippen LogP contribution in [0.4, 0.5) is 26.3 Å². The van der Waals surface area contributed by atoms with E-state index in [0.717, 1.165) is 34.9 Å². The Hall–Kier alpha value is -4.85. The Morgan fingerprint density at radius 1 is 0.945 bits per heavy atom. The van der Waals surface area contributed by atoms with E-state index in [-0.39, 0.29) is 56.4 Å². The summed E-state index contributed by atoms with van der Waals surface area (Å²) in [7, 11) is 0. The van der Waals surface area contributed by atoms with Gasteiger partial charge in [-0.3, -0.25) is 14.4 Å². The van der Waals surface area contributed by atoms with Crippen LogP contribution in [0, 0.1) is 22.9 Å². The molecular formula is C41H43F6N3O5. The van der Waals surface area contributed by atoms with E-state index in [1.54, 1.807) is 29.7 Å². The van der Waals surface area contributed by atoms with Crippen LogP contribution < -0.4 is 10.1 Å². The Bertz CT molecular complexity index is 1960. The molecule has 0 aromatic heterocycles. The van der Waals surface area contributed by atoms with E-state index < -0.39 is 52.4 Å². The van der Waals surface area contributed by atoms with Gasteiger partial charge in [0.2, 0.25) is 11.7 Å². The van der Waals surface area contributed by atoms with Crippen molar-refractivity contribution in [1.29, 1.82) is 0 Å². The van der Waals surface area contributed by atoms with Gasteiger partial charge in [0, 0.05) is 43.7 Å². The first-order valence-corrected chi connectivity index (χ1v) is 18.3. The monoisotopic (exact) mass is 771 g/mol. The van der Waals surface area contributed by atoms with Gasteiger partial charge in [-0.25, -0.2) is 8.78 Å². The number of ether oxygens (including phenoxy) is 1. The fraction of sp³-hybridized carbons (Fsp3) is 0.439. The topological polar surface area (TPSA) is 99.2 Å². The summed E-state index contributed by atoms with van der Waals surface area (Å²) in [6, 6.07) is 12.9. The number of benzene rings is 3. The minimum atomic E-state index is -4.55. The number of fused-ring (bicyclic) bond motifs is 2. The van der Waals surface area contributed by atoms with E-state index in [1.165, 1.54) is 6.07 Å². The number of nitrogens with one attached hydrogen (secondary N) is 1. The molecule has 1 saturated heterocycles. The van der Waals surface area contributed by atoms with Gasteiger partial charge in [-0.05, 0) is 98.9 Å². The molecule has 294 valence electrons. The number of halogens is 6. The molecule has 2 N–H and O–H groups in total. The van der Waals surface area contributed by atoms with Gasteiger partial charge < -0.3 is 25.0 Å². The zero-order chi connectivity index (χ0) is 39.7. The fourth-order valence-corrected chi connectivity index (χ4v) is 7.17. The van der Waals surface area contributed by atoms with Crippen molar-refractivity contribution in [2.45, 2.75) is 89.6 Å². The molecule has 0 radical (unpaired) electrons. The summed E-state index contributed by atoms with van der Waals surface area (Å²) in [5.41, 5.74) is 1.28. The maximum Gasteiger partial charge on any atom is 0.416 e. The summed E-state index contributed by atoms with van der Waals surface area (Å²) in [6.45, 7) is 3.52. The lowest BCUT2D eigenvalue weighted by Crippen LogP contribution is -2.62. The van der Waals surface area contributed by atoms with Crippen molar-refractivity contribution < 1.29 is 50.6 Å². The Morgan fingerprint density at radius 3 is 2.33 bits per heavy atom. The third-order valence-corrected chi connectivity index (χ3v) is 10.5. The number of nitrogens with zero attached hydrogens (tertiary/aromatic N) is 2. The number of carbonyl (C=O) groups is 3. The highest BCUT2D eigenvalue weighted by atomic mass is 19.4. The van der Waals surface area contributed by atoms with Gasteiger partial charge in [0.25, 0.3) is 5.91 Å². The molecule has 1 aliphatic carbocycles. The lowest BCUT2D eigenvalue weighted by atomic mass is 9.82. The summed E-state index contributed by atoms with van der Waals surface area (Å²) in [5.74, 6) is -5.93. The number of rotatable bonds is 14. The number of aryl methyl sites for hydroxylation is 1. The Labute approximate surface area is 315 Å². The van der Waals surface area contributed by atoms with Crippen molar-refractivity contribution in [3.8, 4) is 5.75 Å². The number of hydrogen-bond donors (Lipinski definition) is 2. The average Bonchev–Trinajstić information content (AvgIpc) is 3.99.